The SMILES string of the molecule is O=C(O)C1(c2cncc(-c3ccc(SC(F)(F)F)nc3)c2)CC1. The van der Waals surface area contributed by atoms with Crippen LogP contribution in [0, 0.1) is 0 Å². The van der Waals surface area contributed by atoms with Crippen molar-refractivity contribution in [2.75, 3.05) is 0 Å². The van der Waals surface area contributed by atoms with Crippen molar-refractivity contribution in [3.05, 3.63) is 42.4 Å². The smallest absolute Gasteiger partial charge is 0.447 e. The Bertz CT molecular complexity index is 743. The molecule has 0 bridgehead atoms. The number of carboxylic acid groups (broad SMARTS) is 1. The predicted octanol–water partition coefficient (Wildman–Crippen LogP) is 3.87. The molecule has 0 unspecified atom stereocenters. The summed E-state index contributed by atoms with van der Waals surface area (Å²) in [5, 5.41) is 9.17. The molecule has 0 amide bonds. The van der Waals surface area contributed by atoms with Crippen LogP contribution in [-0.4, -0.2) is 26.6 Å². The molecule has 1 N–H and O–H groups in total. The quantitative estimate of drug-likeness (QED) is 0.856. The van der Waals surface area contributed by atoms with Crippen LogP contribution in [0.4, 0.5) is 13.2 Å². The van der Waals surface area contributed by atoms with Gasteiger partial charge in [0.15, 0.2) is 0 Å². The third kappa shape index (κ3) is 3.31. The lowest BCUT2D eigenvalue weighted by molar-refractivity contribution is -0.140. The van der Waals surface area contributed by atoms with Gasteiger partial charge in [-0.2, -0.15) is 13.2 Å². The molecule has 0 radical (unpaired) electrons. The van der Waals surface area contributed by atoms with Gasteiger partial charge < -0.3 is 5.11 Å². The number of nitrogens with zero attached hydrogens (tertiary/aromatic N) is 2. The van der Waals surface area contributed by atoms with Gasteiger partial charge in [-0.15, -0.1) is 0 Å². The summed E-state index contributed by atoms with van der Waals surface area (Å²) < 4.78 is 36.9. The number of thioether (sulfide) groups is 1. The minimum atomic E-state index is -4.38. The summed E-state index contributed by atoms with van der Waals surface area (Å²) in [7, 11) is 0. The second kappa shape index (κ2) is 5.52. The number of carbonyl (C=O) groups is 1. The van der Waals surface area contributed by atoms with E-state index in [0.29, 0.717) is 29.5 Å². The molecule has 1 aliphatic carbocycles. The van der Waals surface area contributed by atoms with Crippen LogP contribution in [-0.2, 0) is 10.2 Å². The molecule has 0 saturated heterocycles. The fraction of sp³-hybridized carbons (Fsp3) is 0.267. The maximum Gasteiger partial charge on any atom is 0.447 e. The summed E-state index contributed by atoms with van der Waals surface area (Å²) in [6.45, 7) is 0. The average Bonchev–Trinajstić information content (AvgIpc) is 3.28. The van der Waals surface area contributed by atoms with Crippen molar-refractivity contribution in [3.63, 3.8) is 0 Å². The largest absolute Gasteiger partial charge is 0.481 e. The molecule has 2 aromatic rings. The molecule has 0 atom stereocenters. The van der Waals surface area contributed by atoms with Gasteiger partial charge in [0.05, 0.1) is 5.41 Å². The van der Waals surface area contributed by atoms with Gasteiger partial charge in [0.1, 0.15) is 5.03 Å². The van der Waals surface area contributed by atoms with Gasteiger partial charge in [-0.1, -0.05) is 6.07 Å². The topological polar surface area (TPSA) is 63.1 Å². The fourth-order valence-electron chi connectivity index (χ4n) is 2.34. The van der Waals surface area contributed by atoms with Gasteiger partial charge in [-0.3, -0.25) is 9.78 Å². The molecular weight excluding hydrogens is 329 g/mol. The first kappa shape index (κ1) is 15.8. The number of rotatable bonds is 4. The van der Waals surface area contributed by atoms with Gasteiger partial charge >= 0.3 is 11.5 Å². The molecule has 0 spiro atoms. The highest BCUT2D eigenvalue weighted by atomic mass is 32.2. The van der Waals surface area contributed by atoms with Crippen LogP contribution in [0.25, 0.3) is 11.1 Å². The fourth-order valence-corrected chi connectivity index (χ4v) is 2.82. The van der Waals surface area contributed by atoms with E-state index in [1.807, 2.05) is 0 Å². The molecule has 1 aliphatic rings. The first-order valence-electron chi connectivity index (χ1n) is 6.71. The van der Waals surface area contributed by atoms with E-state index in [-0.39, 0.29) is 16.8 Å². The van der Waals surface area contributed by atoms with Crippen LogP contribution < -0.4 is 0 Å². The lowest BCUT2D eigenvalue weighted by Gasteiger charge is -2.11. The second-order valence-corrected chi connectivity index (χ2v) is 6.37. The summed E-state index contributed by atoms with van der Waals surface area (Å²) >= 11 is -0.278. The van der Waals surface area contributed by atoms with Crippen LogP contribution in [0.3, 0.4) is 0 Å². The van der Waals surface area contributed by atoms with Gasteiger partial charge in [-0.05, 0) is 30.5 Å². The van der Waals surface area contributed by atoms with Crippen molar-refractivity contribution in [3.8, 4) is 11.1 Å². The molecule has 2 heterocycles. The Morgan fingerprint density at radius 3 is 2.43 bits per heavy atom. The minimum absolute atomic E-state index is 0.144. The van der Waals surface area contributed by atoms with E-state index in [0.717, 1.165) is 0 Å². The Balaban J connectivity index is 1.87. The molecule has 2 aromatic heterocycles. The third-order valence-corrected chi connectivity index (χ3v) is 4.42. The maximum absolute atomic E-state index is 12.3. The van der Waals surface area contributed by atoms with Crippen molar-refractivity contribution in [2.45, 2.75) is 28.8 Å². The standard InChI is InChI=1S/C15H11F3N2O2S/c16-15(17,18)23-12-2-1-9(7-20-12)10-5-11(8-19-6-10)14(3-4-14)13(21)22/h1-2,5-8H,3-4H2,(H,21,22). The average molecular weight is 340 g/mol. The molecule has 3 rings (SSSR count). The van der Waals surface area contributed by atoms with Gasteiger partial charge in [-0.25, -0.2) is 4.98 Å². The van der Waals surface area contributed by atoms with Crippen LogP contribution in [0.1, 0.15) is 18.4 Å². The number of aliphatic carboxylic acids is 1. The molecule has 8 heteroatoms. The van der Waals surface area contributed by atoms with Crippen molar-refractivity contribution < 1.29 is 23.1 Å². The van der Waals surface area contributed by atoms with E-state index in [2.05, 4.69) is 9.97 Å². The predicted molar refractivity (Wildman–Crippen MR) is 77.9 cm³/mol. The monoisotopic (exact) mass is 340 g/mol. The zero-order chi connectivity index (χ0) is 16.7. The Hall–Kier alpha value is -2.09. The van der Waals surface area contributed by atoms with Gasteiger partial charge in [0, 0.05) is 41.5 Å². The maximum atomic E-state index is 12.3. The summed E-state index contributed by atoms with van der Waals surface area (Å²) in [6, 6.07) is 4.51. The van der Waals surface area contributed by atoms with E-state index in [1.54, 1.807) is 6.07 Å². The zero-order valence-corrected chi connectivity index (χ0v) is 12.5. The van der Waals surface area contributed by atoms with Gasteiger partial charge in [0.2, 0.25) is 0 Å². The highest BCUT2D eigenvalue weighted by Crippen LogP contribution is 2.48. The first-order chi connectivity index (χ1) is 10.8. The van der Waals surface area contributed by atoms with E-state index in [9.17, 15) is 23.1 Å². The summed E-state index contributed by atoms with van der Waals surface area (Å²) in [4.78, 5) is 19.2. The molecule has 120 valence electrons. The highest BCUT2D eigenvalue weighted by Gasteiger charge is 2.52. The number of aromatic nitrogens is 2. The summed E-state index contributed by atoms with van der Waals surface area (Å²) in [5.74, 6) is -0.883. The zero-order valence-electron chi connectivity index (χ0n) is 11.7. The lowest BCUT2D eigenvalue weighted by atomic mass is 9.95. The number of hydrogen-bond donors (Lipinski definition) is 1. The van der Waals surface area contributed by atoms with Crippen LogP contribution >= 0.6 is 11.8 Å². The van der Waals surface area contributed by atoms with Crippen LogP contribution in [0.5, 0.6) is 0 Å². The number of pyridine rings is 2. The van der Waals surface area contributed by atoms with E-state index < -0.39 is 16.9 Å². The molecule has 4 nitrogen and oxygen atoms in total. The molecule has 0 aliphatic heterocycles. The van der Waals surface area contributed by atoms with Gasteiger partial charge in [0.25, 0.3) is 0 Å². The second-order valence-electron chi connectivity index (χ2n) is 5.28. The normalized spacial score (nSPS) is 16.1. The Morgan fingerprint density at radius 2 is 1.91 bits per heavy atom. The van der Waals surface area contributed by atoms with E-state index in [4.69, 9.17) is 0 Å². The Kier molecular flexibility index (Phi) is 3.79. The number of halogens is 3. The minimum Gasteiger partial charge on any atom is -0.481 e. The Labute approximate surface area is 133 Å². The highest BCUT2D eigenvalue weighted by molar-refractivity contribution is 8.00. The lowest BCUT2D eigenvalue weighted by Crippen LogP contribution is -2.19. The number of hydrogen-bond acceptors (Lipinski definition) is 4. The summed E-state index contributed by atoms with van der Waals surface area (Å²) in [5.41, 5.74) is -3.42. The number of carboxylic acids is 1. The number of alkyl halides is 3. The van der Waals surface area contributed by atoms with Crippen molar-refractivity contribution in [2.24, 2.45) is 0 Å². The first-order valence-corrected chi connectivity index (χ1v) is 7.53. The molecule has 1 fully saturated rings. The van der Waals surface area contributed by atoms with E-state index in [1.165, 1.54) is 30.7 Å². The Morgan fingerprint density at radius 1 is 1.17 bits per heavy atom. The molecule has 0 aromatic carbocycles. The van der Waals surface area contributed by atoms with Crippen LogP contribution in [0.15, 0.2) is 41.8 Å². The molecular formula is C15H11F3N2O2S. The van der Waals surface area contributed by atoms with Crippen LogP contribution in [0.2, 0.25) is 0 Å². The molecule has 1 saturated carbocycles. The summed E-state index contributed by atoms with van der Waals surface area (Å²) in [6.07, 6.45) is 5.51. The van der Waals surface area contributed by atoms with Crippen molar-refractivity contribution in [1.82, 2.24) is 9.97 Å². The van der Waals surface area contributed by atoms with Crippen molar-refractivity contribution in [1.29, 1.82) is 0 Å². The van der Waals surface area contributed by atoms with E-state index >= 15 is 0 Å². The van der Waals surface area contributed by atoms with Crippen molar-refractivity contribution >= 4 is 17.7 Å². The molecule has 23 heavy (non-hydrogen) atoms. The third-order valence-electron chi connectivity index (χ3n) is 3.74.